The van der Waals surface area contributed by atoms with Crippen molar-refractivity contribution in [3.63, 3.8) is 0 Å². The van der Waals surface area contributed by atoms with Gasteiger partial charge in [0.2, 0.25) is 0 Å². The van der Waals surface area contributed by atoms with Crippen LogP contribution < -0.4 is 0 Å². The zero-order valence-corrected chi connectivity index (χ0v) is 7.82. The Hall–Kier alpha value is -1.53. The Morgan fingerprint density at radius 2 is 2.27 bits per heavy atom. The minimum Gasteiger partial charge on any atom is -0.480 e. The molecule has 4 nitrogen and oxygen atoms in total. The van der Waals surface area contributed by atoms with E-state index >= 15 is 0 Å². The van der Waals surface area contributed by atoms with Gasteiger partial charge in [-0.1, -0.05) is 6.92 Å². The molecule has 0 unspecified atom stereocenters. The predicted molar refractivity (Wildman–Crippen MR) is 44.2 cm³/mol. The van der Waals surface area contributed by atoms with E-state index in [1.165, 1.54) is 0 Å². The van der Waals surface area contributed by atoms with Gasteiger partial charge in [-0.05, 0) is 6.42 Å². The molecule has 0 spiro atoms. The molecule has 0 fully saturated rings. The van der Waals surface area contributed by atoms with Crippen LogP contribution >= 0.6 is 0 Å². The number of carboxylic acid groups (broad SMARTS) is 1. The number of halogens is 3. The fourth-order valence-corrected chi connectivity index (χ4v) is 1.13. The Bertz CT molecular complexity index is 359. The first-order chi connectivity index (χ1) is 6.86. The molecule has 1 aromatic heterocycles. The summed E-state index contributed by atoms with van der Waals surface area (Å²) in [5.74, 6) is -1.20. The summed E-state index contributed by atoms with van der Waals surface area (Å²) in [6.07, 6.45) is -3.00. The number of carboxylic acids is 1. The molecule has 0 aliphatic rings. The quantitative estimate of drug-likeness (QED) is 0.850. The molecule has 7 heteroatoms. The van der Waals surface area contributed by atoms with Gasteiger partial charge in [0.15, 0.2) is 0 Å². The SMILES string of the molecule is CC[C@@H](C(=O)O)n1cc(C(F)(F)F)cn1. The van der Waals surface area contributed by atoms with Gasteiger partial charge in [0.1, 0.15) is 6.04 Å². The van der Waals surface area contributed by atoms with Crippen molar-refractivity contribution in [3.05, 3.63) is 18.0 Å². The van der Waals surface area contributed by atoms with Gasteiger partial charge >= 0.3 is 12.1 Å². The van der Waals surface area contributed by atoms with Crippen LogP contribution in [-0.2, 0) is 11.0 Å². The van der Waals surface area contributed by atoms with E-state index in [2.05, 4.69) is 5.10 Å². The summed E-state index contributed by atoms with van der Waals surface area (Å²) in [6, 6.07) is -1.05. The lowest BCUT2D eigenvalue weighted by Crippen LogP contribution is -2.18. The van der Waals surface area contributed by atoms with Crippen molar-refractivity contribution in [2.24, 2.45) is 0 Å². The van der Waals surface area contributed by atoms with Gasteiger partial charge in [0.05, 0.1) is 11.8 Å². The normalized spacial score (nSPS) is 13.9. The number of alkyl halides is 3. The van der Waals surface area contributed by atoms with Crippen molar-refractivity contribution >= 4 is 5.97 Å². The van der Waals surface area contributed by atoms with Crippen LogP contribution in [0.1, 0.15) is 24.9 Å². The van der Waals surface area contributed by atoms with Gasteiger partial charge < -0.3 is 5.11 Å². The molecule has 1 rings (SSSR count). The third kappa shape index (κ3) is 2.48. The highest BCUT2D eigenvalue weighted by molar-refractivity contribution is 5.71. The molecular formula is C8H9F3N2O2. The van der Waals surface area contributed by atoms with Crippen molar-refractivity contribution in [1.29, 1.82) is 0 Å². The number of carbonyl (C=O) groups is 1. The molecule has 15 heavy (non-hydrogen) atoms. The van der Waals surface area contributed by atoms with Crippen LogP contribution in [-0.4, -0.2) is 20.9 Å². The molecule has 84 valence electrons. The van der Waals surface area contributed by atoms with Gasteiger partial charge in [-0.3, -0.25) is 4.68 Å². The Kier molecular flexibility index (Phi) is 3.01. The summed E-state index contributed by atoms with van der Waals surface area (Å²) in [5.41, 5.74) is -0.942. The molecule has 1 aromatic rings. The average molecular weight is 222 g/mol. The van der Waals surface area contributed by atoms with E-state index in [-0.39, 0.29) is 6.42 Å². The highest BCUT2D eigenvalue weighted by atomic mass is 19.4. The zero-order valence-electron chi connectivity index (χ0n) is 7.82. The minimum atomic E-state index is -4.49. The van der Waals surface area contributed by atoms with E-state index in [0.29, 0.717) is 12.4 Å². The fourth-order valence-electron chi connectivity index (χ4n) is 1.13. The smallest absolute Gasteiger partial charge is 0.419 e. The lowest BCUT2D eigenvalue weighted by Gasteiger charge is -2.09. The van der Waals surface area contributed by atoms with Crippen molar-refractivity contribution in [3.8, 4) is 0 Å². The largest absolute Gasteiger partial charge is 0.480 e. The Balaban J connectivity index is 2.97. The molecule has 1 N–H and O–H groups in total. The summed E-state index contributed by atoms with van der Waals surface area (Å²) in [5, 5.41) is 12.1. The molecule has 0 radical (unpaired) electrons. The number of nitrogens with zero attached hydrogens (tertiary/aromatic N) is 2. The minimum absolute atomic E-state index is 0.175. The van der Waals surface area contributed by atoms with E-state index < -0.39 is 23.8 Å². The van der Waals surface area contributed by atoms with Crippen LogP contribution in [0.25, 0.3) is 0 Å². The van der Waals surface area contributed by atoms with Crippen LogP contribution in [0, 0.1) is 0 Å². The zero-order chi connectivity index (χ0) is 11.6. The predicted octanol–water partition coefficient (Wildman–Crippen LogP) is 1.94. The molecule has 0 saturated carbocycles. The topological polar surface area (TPSA) is 55.1 Å². The lowest BCUT2D eigenvalue weighted by atomic mass is 10.2. The second kappa shape index (κ2) is 3.92. The van der Waals surface area contributed by atoms with E-state index in [9.17, 15) is 18.0 Å². The number of hydrogen-bond donors (Lipinski definition) is 1. The Morgan fingerprint density at radius 1 is 1.67 bits per heavy atom. The molecule has 0 amide bonds. The monoisotopic (exact) mass is 222 g/mol. The van der Waals surface area contributed by atoms with Crippen molar-refractivity contribution in [1.82, 2.24) is 9.78 Å². The number of hydrogen-bond acceptors (Lipinski definition) is 2. The molecule has 0 bridgehead atoms. The third-order valence-electron chi connectivity index (χ3n) is 1.92. The first-order valence-corrected chi connectivity index (χ1v) is 4.20. The van der Waals surface area contributed by atoms with Crippen LogP contribution in [0.15, 0.2) is 12.4 Å². The first kappa shape index (κ1) is 11.5. The first-order valence-electron chi connectivity index (χ1n) is 4.20. The lowest BCUT2D eigenvalue weighted by molar-refractivity contribution is -0.142. The molecule has 0 aromatic carbocycles. The van der Waals surface area contributed by atoms with Crippen LogP contribution in [0.3, 0.4) is 0 Å². The number of rotatable bonds is 3. The second-order valence-corrected chi connectivity index (χ2v) is 2.97. The van der Waals surface area contributed by atoms with E-state index in [1.807, 2.05) is 0 Å². The van der Waals surface area contributed by atoms with Crippen molar-refractivity contribution in [2.45, 2.75) is 25.6 Å². The summed E-state index contributed by atoms with van der Waals surface area (Å²) >= 11 is 0. The van der Waals surface area contributed by atoms with Crippen molar-refractivity contribution < 1.29 is 23.1 Å². The molecular weight excluding hydrogens is 213 g/mol. The molecule has 1 heterocycles. The maximum Gasteiger partial charge on any atom is 0.419 e. The molecule has 0 saturated heterocycles. The van der Waals surface area contributed by atoms with Crippen LogP contribution in [0.5, 0.6) is 0 Å². The summed E-state index contributed by atoms with van der Waals surface area (Å²) < 4.78 is 37.3. The maximum absolute atomic E-state index is 12.2. The van der Waals surface area contributed by atoms with Crippen LogP contribution in [0.2, 0.25) is 0 Å². The van der Waals surface area contributed by atoms with Gasteiger partial charge in [0.25, 0.3) is 0 Å². The Labute approximate surface area is 83.3 Å². The van der Waals surface area contributed by atoms with E-state index in [0.717, 1.165) is 4.68 Å². The number of aromatic nitrogens is 2. The third-order valence-corrected chi connectivity index (χ3v) is 1.92. The summed E-state index contributed by atoms with van der Waals surface area (Å²) in [7, 11) is 0. The second-order valence-electron chi connectivity index (χ2n) is 2.97. The fraction of sp³-hybridized carbons (Fsp3) is 0.500. The summed E-state index contributed by atoms with van der Waals surface area (Å²) in [6.45, 7) is 1.56. The van der Waals surface area contributed by atoms with Gasteiger partial charge in [-0.15, -0.1) is 0 Å². The highest BCUT2D eigenvalue weighted by Gasteiger charge is 2.33. The van der Waals surface area contributed by atoms with E-state index in [1.54, 1.807) is 6.92 Å². The average Bonchev–Trinajstić information content (AvgIpc) is 2.52. The maximum atomic E-state index is 12.2. The van der Waals surface area contributed by atoms with Crippen molar-refractivity contribution in [2.75, 3.05) is 0 Å². The molecule has 0 aliphatic heterocycles. The Morgan fingerprint density at radius 3 is 2.60 bits per heavy atom. The van der Waals surface area contributed by atoms with E-state index in [4.69, 9.17) is 5.11 Å². The van der Waals surface area contributed by atoms with Gasteiger partial charge in [-0.25, -0.2) is 4.79 Å². The number of aliphatic carboxylic acids is 1. The van der Waals surface area contributed by atoms with Gasteiger partial charge in [-0.2, -0.15) is 18.3 Å². The highest BCUT2D eigenvalue weighted by Crippen LogP contribution is 2.29. The summed E-state index contributed by atoms with van der Waals surface area (Å²) in [4.78, 5) is 10.6. The molecule has 1 atom stereocenters. The van der Waals surface area contributed by atoms with Gasteiger partial charge in [0, 0.05) is 6.20 Å². The standard InChI is InChI=1S/C8H9F3N2O2/c1-2-6(7(14)15)13-4-5(3-12-13)8(9,10)11/h3-4,6H,2H2,1H3,(H,14,15)/t6-/m0/s1. The van der Waals surface area contributed by atoms with Crippen LogP contribution in [0.4, 0.5) is 13.2 Å². The molecule has 0 aliphatic carbocycles.